The summed E-state index contributed by atoms with van der Waals surface area (Å²) in [6.45, 7) is 0.0686. The van der Waals surface area contributed by atoms with Crippen molar-refractivity contribution in [1.29, 1.82) is 5.41 Å². The van der Waals surface area contributed by atoms with Gasteiger partial charge in [-0.1, -0.05) is 21.6 Å². The van der Waals surface area contributed by atoms with Crippen LogP contribution in [0.4, 0.5) is 4.79 Å². The molecule has 0 fully saturated rings. The van der Waals surface area contributed by atoms with E-state index in [-0.39, 0.29) is 36.5 Å². The zero-order chi connectivity index (χ0) is 30.8. The van der Waals surface area contributed by atoms with Crippen LogP contribution in [0, 0.1) is 11.3 Å². The van der Waals surface area contributed by atoms with E-state index in [0.717, 1.165) is 21.6 Å². The first-order chi connectivity index (χ1) is 18.6. The number of amides is 3. The highest BCUT2D eigenvalue weighted by molar-refractivity contribution is 8.76. The number of ketones is 3. The number of carboxylic acid groups (broad SMARTS) is 3. The number of hydrogen-bond donors (Lipinski definition) is 8. The molecule has 0 radical (unpaired) electrons. The Hall–Kier alpha value is -3.51. The van der Waals surface area contributed by atoms with Crippen LogP contribution in [-0.4, -0.2) is 105 Å². The van der Waals surface area contributed by atoms with Gasteiger partial charge in [-0.2, -0.15) is 0 Å². The minimum Gasteiger partial charge on any atom is -0.481 e. The number of Topliss-reactive ketones (excluding diaryl/α,β-unsaturated/α-hetero) is 3. The van der Waals surface area contributed by atoms with Crippen molar-refractivity contribution in [2.45, 2.75) is 51.1 Å². The molecule has 0 spiro atoms. The predicted octanol–water partition coefficient (Wildman–Crippen LogP) is -0.953. The van der Waals surface area contributed by atoms with Crippen LogP contribution in [0.5, 0.6) is 0 Å². The minimum absolute atomic E-state index is 0.0122. The number of urea groups is 1. The van der Waals surface area contributed by atoms with E-state index < -0.39 is 91.1 Å². The van der Waals surface area contributed by atoms with Crippen LogP contribution >= 0.6 is 21.6 Å². The molecule has 0 aliphatic carbocycles. The first-order valence-electron chi connectivity index (χ1n) is 11.7. The highest BCUT2D eigenvalue weighted by Gasteiger charge is 2.25. The number of nitrogens with one attached hydrogen (secondary N) is 4. The molecule has 16 nitrogen and oxygen atoms in total. The Balaban J connectivity index is 5.19. The number of aliphatic carboxylic acids is 3. The Morgan fingerprint density at radius 1 is 0.850 bits per heavy atom. The summed E-state index contributed by atoms with van der Waals surface area (Å²) in [7, 11) is 2.05. The molecule has 9 N–H and O–H groups in total. The molecule has 0 saturated carbocycles. The van der Waals surface area contributed by atoms with Crippen molar-refractivity contribution in [3.63, 3.8) is 0 Å². The molecule has 0 aromatic rings. The van der Waals surface area contributed by atoms with Crippen molar-refractivity contribution in [2.75, 3.05) is 24.6 Å². The summed E-state index contributed by atoms with van der Waals surface area (Å²) >= 11 is 0. The highest BCUT2D eigenvalue weighted by atomic mass is 33.1. The molecule has 0 aliphatic heterocycles. The molecule has 0 aromatic carbocycles. The molecule has 0 aromatic heterocycles. The molecule has 0 heterocycles. The van der Waals surface area contributed by atoms with Crippen LogP contribution in [0.3, 0.4) is 0 Å². The molecule has 0 rings (SSSR count). The normalized spacial score (nSPS) is 12.8. The van der Waals surface area contributed by atoms with E-state index >= 15 is 0 Å². The Morgan fingerprint density at radius 2 is 1.48 bits per heavy atom. The Morgan fingerprint density at radius 3 is 2.02 bits per heavy atom. The van der Waals surface area contributed by atoms with E-state index in [2.05, 4.69) is 16.0 Å². The number of rotatable bonds is 22. The Labute approximate surface area is 236 Å². The molecule has 0 saturated heterocycles. The maximum atomic E-state index is 12.5. The third-order valence-corrected chi connectivity index (χ3v) is 7.49. The summed E-state index contributed by atoms with van der Waals surface area (Å²) in [4.78, 5) is 93.0. The molecule has 3 atom stereocenters. The van der Waals surface area contributed by atoms with Gasteiger partial charge in [0.2, 0.25) is 5.91 Å². The van der Waals surface area contributed by atoms with Gasteiger partial charge in [-0.3, -0.25) is 33.6 Å². The number of carbonyl (C=O) groups excluding carboxylic acids is 5. The summed E-state index contributed by atoms with van der Waals surface area (Å²) < 4.78 is 0. The summed E-state index contributed by atoms with van der Waals surface area (Å²) in [6.07, 6.45) is -1.45. The fourth-order valence-corrected chi connectivity index (χ4v) is 5.23. The third kappa shape index (κ3) is 17.2. The summed E-state index contributed by atoms with van der Waals surface area (Å²) in [6, 6.07) is -3.49. The van der Waals surface area contributed by atoms with Crippen molar-refractivity contribution in [2.24, 2.45) is 11.7 Å². The minimum atomic E-state index is -1.39. The van der Waals surface area contributed by atoms with Crippen molar-refractivity contribution in [3.8, 4) is 0 Å². The lowest BCUT2D eigenvalue weighted by molar-refractivity contribution is -0.139. The van der Waals surface area contributed by atoms with Gasteiger partial charge >= 0.3 is 23.9 Å². The highest BCUT2D eigenvalue weighted by Crippen LogP contribution is 2.27. The van der Waals surface area contributed by atoms with Crippen molar-refractivity contribution in [1.82, 2.24) is 16.0 Å². The maximum absolute atomic E-state index is 12.5. The average Bonchev–Trinajstić information content (AvgIpc) is 2.87. The monoisotopic (exact) mass is 607 g/mol. The van der Waals surface area contributed by atoms with Crippen LogP contribution in [0.1, 0.15) is 39.0 Å². The average molecular weight is 608 g/mol. The van der Waals surface area contributed by atoms with Crippen molar-refractivity contribution in [3.05, 3.63) is 0 Å². The first kappa shape index (κ1) is 36.5. The van der Waals surface area contributed by atoms with Gasteiger partial charge in [0.05, 0.1) is 24.1 Å². The SMILES string of the molecule is CC(=O)C(=N)CCC(=O)C[C@@H](CSSC[C@H](NC(=O)NC[C@H](N)C(=O)O)C(=O)CCC(=O)O)C(=O)NCC(=O)O. The number of nitrogens with two attached hydrogens (primary N) is 1. The van der Waals surface area contributed by atoms with Crippen LogP contribution < -0.4 is 21.7 Å². The zero-order valence-electron chi connectivity index (χ0n) is 21.6. The van der Waals surface area contributed by atoms with E-state index in [0.29, 0.717) is 0 Å². The zero-order valence-corrected chi connectivity index (χ0v) is 23.2. The molecular formula is C22H33N5O11S2. The summed E-state index contributed by atoms with van der Waals surface area (Å²) in [5.74, 6) is -7.22. The van der Waals surface area contributed by atoms with Gasteiger partial charge in [0.1, 0.15) is 18.4 Å². The molecule has 224 valence electrons. The largest absolute Gasteiger partial charge is 0.481 e. The summed E-state index contributed by atoms with van der Waals surface area (Å²) in [5, 5.41) is 40.7. The number of carboxylic acids is 3. The standard InChI is InChI=1S/C22H33N5O11S2/c1-11(28)14(23)3-2-13(29)6-12(20(35)25-8-19(33)34)9-39-40-10-16(17(30)4-5-18(31)32)27-22(38)26-7-15(24)21(36)37/h12,15-16,23H,2-10,24H2,1H3,(H,25,35)(H,31,32)(H,33,34)(H,36,37)(H2,26,27,38)/t12-,15-,16-/m0/s1. The van der Waals surface area contributed by atoms with E-state index in [1.807, 2.05) is 0 Å². The lowest BCUT2D eigenvalue weighted by atomic mass is 9.99. The van der Waals surface area contributed by atoms with E-state index in [1.54, 1.807) is 0 Å². The van der Waals surface area contributed by atoms with Crippen LogP contribution in [-0.2, 0) is 33.6 Å². The van der Waals surface area contributed by atoms with Crippen LogP contribution in [0.25, 0.3) is 0 Å². The Kier molecular flexibility index (Phi) is 17.8. The Bertz CT molecular complexity index is 992. The van der Waals surface area contributed by atoms with Gasteiger partial charge in [-0.05, 0) is 6.42 Å². The quantitative estimate of drug-likeness (QED) is 0.0418. The van der Waals surface area contributed by atoms with Crippen LogP contribution in [0.2, 0.25) is 0 Å². The predicted molar refractivity (Wildman–Crippen MR) is 144 cm³/mol. The topological polar surface area (TPSA) is 283 Å². The molecular weight excluding hydrogens is 574 g/mol. The summed E-state index contributed by atoms with van der Waals surface area (Å²) in [5.41, 5.74) is 5.07. The van der Waals surface area contributed by atoms with E-state index in [9.17, 15) is 38.4 Å². The molecule has 18 heteroatoms. The van der Waals surface area contributed by atoms with Gasteiger partial charge in [-0.15, -0.1) is 0 Å². The molecule has 0 unspecified atom stereocenters. The second-order valence-electron chi connectivity index (χ2n) is 8.37. The number of carbonyl (C=O) groups is 8. The van der Waals surface area contributed by atoms with Gasteiger partial charge in [0.15, 0.2) is 11.6 Å². The van der Waals surface area contributed by atoms with E-state index in [4.69, 9.17) is 26.5 Å². The van der Waals surface area contributed by atoms with Gasteiger partial charge in [0, 0.05) is 44.2 Å². The van der Waals surface area contributed by atoms with Gasteiger partial charge in [0.25, 0.3) is 0 Å². The van der Waals surface area contributed by atoms with Crippen LogP contribution in [0.15, 0.2) is 0 Å². The third-order valence-electron chi connectivity index (χ3n) is 5.00. The smallest absolute Gasteiger partial charge is 0.322 e. The fourth-order valence-electron chi connectivity index (χ4n) is 2.72. The lowest BCUT2D eigenvalue weighted by Gasteiger charge is -2.19. The van der Waals surface area contributed by atoms with Crippen molar-refractivity contribution >= 4 is 74.5 Å². The molecule has 0 aliphatic rings. The van der Waals surface area contributed by atoms with Crippen molar-refractivity contribution < 1.29 is 53.7 Å². The van der Waals surface area contributed by atoms with Gasteiger partial charge in [-0.25, -0.2) is 4.79 Å². The van der Waals surface area contributed by atoms with E-state index in [1.165, 1.54) is 6.92 Å². The maximum Gasteiger partial charge on any atom is 0.322 e. The van der Waals surface area contributed by atoms with Gasteiger partial charge < -0.3 is 42.4 Å². The molecule has 3 amide bonds. The lowest BCUT2D eigenvalue weighted by Crippen LogP contribution is -2.51. The molecule has 40 heavy (non-hydrogen) atoms. The number of hydrogen-bond acceptors (Lipinski definition) is 12. The second kappa shape index (κ2) is 19.5. The fraction of sp³-hybridized carbons (Fsp3) is 0.591. The second-order valence-corrected chi connectivity index (χ2v) is 10.9. The molecule has 0 bridgehead atoms. The first-order valence-corrected chi connectivity index (χ1v) is 14.2.